The molecule has 0 aromatic carbocycles. The zero-order valence-corrected chi connectivity index (χ0v) is 10.1. The van der Waals surface area contributed by atoms with Crippen molar-refractivity contribution in [3.05, 3.63) is 24.8 Å². The molecule has 0 spiro atoms. The minimum Gasteiger partial charge on any atom is -0.329 e. The van der Waals surface area contributed by atoms with Gasteiger partial charge in [0.15, 0.2) is 0 Å². The van der Waals surface area contributed by atoms with Gasteiger partial charge in [-0.25, -0.2) is 18.1 Å². The van der Waals surface area contributed by atoms with Crippen LogP contribution < -0.4 is 10.5 Å². The Bertz CT molecular complexity index is 609. The Balaban J connectivity index is 2.20. The highest BCUT2D eigenvalue weighted by Gasteiger charge is 2.17. The fourth-order valence-corrected chi connectivity index (χ4v) is 2.11. The van der Waals surface area contributed by atoms with E-state index in [-0.39, 0.29) is 10.8 Å². The monoisotopic (exact) mass is 269 g/mol. The third-order valence-corrected chi connectivity index (χ3v) is 3.27. The van der Waals surface area contributed by atoms with Crippen LogP contribution in [0.15, 0.2) is 29.7 Å². The van der Waals surface area contributed by atoms with Crippen LogP contribution >= 0.6 is 0 Å². The number of rotatable bonds is 5. The minimum absolute atomic E-state index is 0.0170. The zero-order valence-electron chi connectivity index (χ0n) is 9.26. The SMILES string of the molecule is NCCn1cc(S(=O)(=O)Nc2nccnn2)cn1. The van der Waals surface area contributed by atoms with E-state index >= 15 is 0 Å². The number of nitrogens with one attached hydrogen (secondary N) is 1. The maximum Gasteiger partial charge on any atom is 0.267 e. The summed E-state index contributed by atoms with van der Waals surface area (Å²) in [6, 6.07) is 0. The van der Waals surface area contributed by atoms with E-state index in [9.17, 15) is 8.42 Å². The Kier molecular flexibility index (Phi) is 3.48. The van der Waals surface area contributed by atoms with E-state index in [0.29, 0.717) is 13.1 Å². The highest BCUT2D eigenvalue weighted by atomic mass is 32.2. The van der Waals surface area contributed by atoms with Gasteiger partial charge in [-0.15, -0.1) is 5.10 Å². The van der Waals surface area contributed by atoms with E-state index in [1.807, 2.05) is 0 Å². The second kappa shape index (κ2) is 5.06. The molecule has 0 amide bonds. The molecule has 0 aliphatic carbocycles. The van der Waals surface area contributed by atoms with Crippen LogP contribution in [0.1, 0.15) is 0 Å². The topological polar surface area (TPSA) is 129 Å². The second-order valence-corrected chi connectivity index (χ2v) is 4.98. The van der Waals surface area contributed by atoms with Gasteiger partial charge in [0.2, 0.25) is 0 Å². The van der Waals surface area contributed by atoms with E-state index in [1.165, 1.54) is 29.5 Å². The van der Waals surface area contributed by atoms with E-state index in [1.54, 1.807) is 0 Å². The van der Waals surface area contributed by atoms with Gasteiger partial charge in [-0.1, -0.05) is 0 Å². The number of nitrogens with zero attached hydrogens (tertiary/aromatic N) is 5. The fraction of sp³-hybridized carbons (Fsp3) is 0.250. The summed E-state index contributed by atoms with van der Waals surface area (Å²) < 4.78 is 27.5. The molecule has 2 aromatic rings. The zero-order chi connectivity index (χ0) is 13.0. The molecule has 0 atom stereocenters. The van der Waals surface area contributed by atoms with Gasteiger partial charge in [0.1, 0.15) is 4.90 Å². The van der Waals surface area contributed by atoms with Crippen molar-refractivity contribution < 1.29 is 8.42 Å². The van der Waals surface area contributed by atoms with Crippen LogP contribution in [0.3, 0.4) is 0 Å². The lowest BCUT2D eigenvalue weighted by molar-refractivity contribution is 0.599. The van der Waals surface area contributed by atoms with Gasteiger partial charge in [0.05, 0.1) is 25.1 Å². The third-order valence-electron chi connectivity index (χ3n) is 1.99. The van der Waals surface area contributed by atoms with Gasteiger partial charge in [0.25, 0.3) is 16.0 Å². The second-order valence-electron chi connectivity index (χ2n) is 3.30. The van der Waals surface area contributed by atoms with E-state index < -0.39 is 10.0 Å². The number of nitrogens with two attached hydrogens (primary N) is 1. The Hall–Kier alpha value is -2.07. The normalized spacial score (nSPS) is 11.4. The molecule has 2 rings (SSSR count). The van der Waals surface area contributed by atoms with Crippen molar-refractivity contribution in [3.63, 3.8) is 0 Å². The first-order chi connectivity index (χ1) is 8.62. The van der Waals surface area contributed by atoms with Crippen molar-refractivity contribution in [2.45, 2.75) is 11.4 Å². The summed E-state index contributed by atoms with van der Waals surface area (Å²) in [4.78, 5) is 3.74. The summed E-state index contributed by atoms with van der Waals surface area (Å²) in [6.45, 7) is 0.819. The van der Waals surface area contributed by atoms with Crippen LogP contribution in [-0.4, -0.2) is 39.9 Å². The predicted octanol–water partition coefficient (Wildman–Crippen LogP) is -1.17. The quantitative estimate of drug-likeness (QED) is 0.699. The van der Waals surface area contributed by atoms with Gasteiger partial charge < -0.3 is 5.73 Å². The molecule has 0 aliphatic rings. The first kappa shape index (κ1) is 12.4. The van der Waals surface area contributed by atoms with Crippen LogP contribution in [0.25, 0.3) is 0 Å². The van der Waals surface area contributed by atoms with E-state index in [4.69, 9.17) is 5.73 Å². The fourth-order valence-electron chi connectivity index (χ4n) is 1.21. The standard InChI is InChI=1S/C8H11N7O2S/c9-1-4-15-6-7(5-12-15)18(16,17)14-8-10-2-3-11-13-8/h2-3,5-6H,1,4,9H2,(H,10,13,14). The highest BCUT2D eigenvalue weighted by Crippen LogP contribution is 2.10. The number of aromatic nitrogens is 5. The molecule has 0 saturated carbocycles. The van der Waals surface area contributed by atoms with Crippen molar-refractivity contribution >= 4 is 16.0 Å². The Morgan fingerprint density at radius 1 is 1.39 bits per heavy atom. The Labute approximate surface area is 103 Å². The van der Waals surface area contributed by atoms with Crippen molar-refractivity contribution in [3.8, 4) is 0 Å². The third kappa shape index (κ3) is 2.78. The van der Waals surface area contributed by atoms with Gasteiger partial charge in [-0.05, 0) is 0 Å². The molecule has 96 valence electrons. The van der Waals surface area contributed by atoms with Crippen molar-refractivity contribution in [2.75, 3.05) is 11.3 Å². The van der Waals surface area contributed by atoms with Gasteiger partial charge in [-0.2, -0.15) is 10.2 Å². The molecule has 9 nitrogen and oxygen atoms in total. The first-order valence-electron chi connectivity index (χ1n) is 5.01. The molecule has 0 radical (unpaired) electrons. The van der Waals surface area contributed by atoms with E-state index in [2.05, 4.69) is 25.0 Å². The molecule has 0 saturated heterocycles. The molecular weight excluding hydrogens is 258 g/mol. The number of hydrogen-bond acceptors (Lipinski definition) is 7. The maximum absolute atomic E-state index is 11.9. The highest BCUT2D eigenvalue weighted by molar-refractivity contribution is 7.92. The lowest BCUT2D eigenvalue weighted by atomic mass is 10.6. The average Bonchev–Trinajstić information content (AvgIpc) is 2.80. The Morgan fingerprint density at radius 2 is 2.22 bits per heavy atom. The lowest BCUT2D eigenvalue weighted by Gasteiger charge is -2.02. The summed E-state index contributed by atoms with van der Waals surface area (Å²) in [5, 5.41) is 10.9. The summed E-state index contributed by atoms with van der Waals surface area (Å²) in [5.41, 5.74) is 5.35. The van der Waals surface area contributed by atoms with Crippen molar-refractivity contribution in [1.29, 1.82) is 0 Å². The molecule has 2 aromatic heterocycles. The lowest BCUT2D eigenvalue weighted by Crippen LogP contribution is -2.15. The Morgan fingerprint density at radius 3 is 2.89 bits per heavy atom. The molecule has 10 heteroatoms. The van der Waals surface area contributed by atoms with Gasteiger partial charge >= 0.3 is 0 Å². The van der Waals surface area contributed by atoms with Crippen LogP contribution in [0.5, 0.6) is 0 Å². The van der Waals surface area contributed by atoms with Crippen LogP contribution in [0, 0.1) is 0 Å². The largest absolute Gasteiger partial charge is 0.329 e. The van der Waals surface area contributed by atoms with E-state index in [0.717, 1.165) is 0 Å². The molecule has 0 bridgehead atoms. The van der Waals surface area contributed by atoms with Gasteiger partial charge in [0, 0.05) is 12.7 Å². The van der Waals surface area contributed by atoms with Gasteiger partial charge in [-0.3, -0.25) is 4.68 Å². The molecule has 0 unspecified atom stereocenters. The average molecular weight is 269 g/mol. The number of anilines is 1. The molecule has 0 fully saturated rings. The molecule has 3 N–H and O–H groups in total. The molecule has 2 heterocycles. The summed E-state index contributed by atoms with van der Waals surface area (Å²) in [6.07, 6.45) is 5.29. The van der Waals surface area contributed by atoms with Crippen molar-refractivity contribution in [2.24, 2.45) is 5.73 Å². The predicted molar refractivity (Wildman–Crippen MR) is 61.9 cm³/mol. The molecule has 0 aliphatic heterocycles. The number of sulfonamides is 1. The number of hydrogen-bond donors (Lipinski definition) is 2. The smallest absolute Gasteiger partial charge is 0.267 e. The molecular formula is C8H11N7O2S. The van der Waals surface area contributed by atoms with Crippen LogP contribution in [0.4, 0.5) is 5.95 Å². The first-order valence-corrected chi connectivity index (χ1v) is 6.49. The summed E-state index contributed by atoms with van der Waals surface area (Å²) in [7, 11) is -3.75. The van der Waals surface area contributed by atoms with Crippen LogP contribution in [0.2, 0.25) is 0 Å². The maximum atomic E-state index is 11.9. The minimum atomic E-state index is -3.75. The summed E-state index contributed by atoms with van der Waals surface area (Å²) in [5.74, 6) is -0.0934. The summed E-state index contributed by atoms with van der Waals surface area (Å²) >= 11 is 0. The van der Waals surface area contributed by atoms with Crippen LogP contribution in [-0.2, 0) is 16.6 Å². The molecule has 18 heavy (non-hydrogen) atoms. The van der Waals surface area contributed by atoms with Crippen molar-refractivity contribution in [1.82, 2.24) is 25.0 Å².